The molecule has 2 aromatic rings. The van der Waals surface area contributed by atoms with Gasteiger partial charge in [-0.2, -0.15) is 5.10 Å². The van der Waals surface area contributed by atoms with Crippen LogP contribution in [0.1, 0.15) is 5.69 Å². The van der Waals surface area contributed by atoms with Crippen LogP contribution in [0.2, 0.25) is 10.2 Å². The van der Waals surface area contributed by atoms with Crippen molar-refractivity contribution < 1.29 is 0 Å². The van der Waals surface area contributed by atoms with Gasteiger partial charge in [-0.1, -0.05) is 99.4 Å². The van der Waals surface area contributed by atoms with Crippen LogP contribution < -0.4 is 0 Å². The Kier molecular flexibility index (Phi) is 4.98. The van der Waals surface area contributed by atoms with E-state index in [1.54, 1.807) is 12.1 Å². The van der Waals surface area contributed by atoms with Gasteiger partial charge in [0, 0.05) is 0 Å². The average Bonchev–Trinajstić information content (AvgIpc) is 2.67. The fraction of sp³-hybridized carbons (Fsp3) is 0.182. The lowest BCUT2D eigenvalue weighted by molar-refractivity contribution is 0.775. The zero-order valence-electron chi connectivity index (χ0n) is 9.43. The SMILES string of the molecule is Clc1c(C(Cl)(Cl)C(Cl)(Cl)Cl)nn(-c2ccccc2)c1Cl. The van der Waals surface area contributed by atoms with Crippen molar-refractivity contribution >= 4 is 81.2 Å². The predicted molar refractivity (Wildman–Crippen MR) is 87.3 cm³/mol. The smallest absolute Gasteiger partial charge is 0.220 e. The number of rotatable bonds is 2. The van der Waals surface area contributed by atoms with E-state index in [1.807, 2.05) is 18.2 Å². The number of alkyl halides is 5. The minimum absolute atomic E-state index is 0.0202. The summed E-state index contributed by atoms with van der Waals surface area (Å²) >= 11 is 41.6. The van der Waals surface area contributed by atoms with Crippen molar-refractivity contribution in [2.75, 3.05) is 0 Å². The first-order valence-corrected chi connectivity index (χ1v) is 7.75. The van der Waals surface area contributed by atoms with E-state index in [9.17, 15) is 0 Å². The van der Waals surface area contributed by atoms with Crippen LogP contribution >= 0.6 is 81.2 Å². The Morgan fingerprint density at radius 1 is 0.900 bits per heavy atom. The third kappa shape index (κ3) is 2.98. The summed E-state index contributed by atoms with van der Waals surface area (Å²) in [6.07, 6.45) is 0. The zero-order chi connectivity index (χ0) is 15.1. The number of hydrogen-bond acceptors (Lipinski definition) is 1. The van der Waals surface area contributed by atoms with Crippen molar-refractivity contribution in [3.8, 4) is 5.69 Å². The molecule has 0 amide bonds. The summed E-state index contributed by atoms with van der Waals surface area (Å²) < 4.78 is -2.62. The normalized spacial score (nSPS) is 12.8. The number of benzene rings is 1. The Bertz CT molecular complexity index is 616. The minimum atomic E-state index is -2.03. The standard InChI is InChI=1S/C11H5Cl7N2/c12-7-8(10(14,15)11(16,17)18)19-20(9(7)13)6-4-2-1-3-5-6/h1-5H. The van der Waals surface area contributed by atoms with Crippen molar-refractivity contribution in [2.45, 2.75) is 8.13 Å². The van der Waals surface area contributed by atoms with Gasteiger partial charge in [-0.25, -0.2) is 4.68 Å². The largest absolute Gasteiger partial charge is 0.228 e. The van der Waals surface area contributed by atoms with Gasteiger partial charge in [-0.15, -0.1) is 0 Å². The van der Waals surface area contributed by atoms with Gasteiger partial charge in [0.15, 0.2) is 5.15 Å². The Labute approximate surface area is 150 Å². The van der Waals surface area contributed by atoms with Crippen molar-refractivity contribution in [1.82, 2.24) is 9.78 Å². The monoisotopic (exact) mass is 410 g/mol. The molecule has 0 radical (unpaired) electrons. The van der Waals surface area contributed by atoms with Crippen LogP contribution in [-0.4, -0.2) is 13.6 Å². The lowest BCUT2D eigenvalue weighted by Gasteiger charge is -2.25. The Morgan fingerprint density at radius 3 is 1.95 bits per heavy atom. The molecule has 0 atom stereocenters. The molecule has 1 heterocycles. The van der Waals surface area contributed by atoms with Gasteiger partial charge in [0.2, 0.25) is 8.13 Å². The molecule has 2 nitrogen and oxygen atoms in total. The molecule has 20 heavy (non-hydrogen) atoms. The molecular formula is C11H5Cl7N2. The second kappa shape index (κ2) is 5.92. The Balaban J connectivity index is 2.60. The second-order valence-electron chi connectivity index (χ2n) is 3.77. The van der Waals surface area contributed by atoms with Crippen LogP contribution in [0.5, 0.6) is 0 Å². The molecule has 0 saturated carbocycles. The summed E-state index contributed by atoms with van der Waals surface area (Å²) in [5.41, 5.74) is 0.635. The van der Waals surface area contributed by atoms with Crippen molar-refractivity contribution in [2.24, 2.45) is 0 Å². The molecule has 0 unspecified atom stereocenters. The molecule has 0 aliphatic rings. The van der Waals surface area contributed by atoms with Gasteiger partial charge in [0.1, 0.15) is 10.7 Å². The predicted octanol–water partition coefficient (Wildman–Crippen LogP) is 6.18. The van der Waals surface area contributed by atoms with Gasteiger partial charge in [-0.05, 0) is 12.1 Å². The molecular weight excluding hydrogens is 408 g/mol. The summed E-state index contributed by atoms with van der Waals surface area (Å²) in [4.78, 5) is 0. The fourth-order valence-corrected chi connectivity index (χ4v) is 2.57. The number of aromatic nitrogens is 2. The molecule has 1 aromatic carbocycles. The molecule has 0 bridgehead atoms. The van der Waals surface area contributed by atoms with E-state index in [4.69, 9.17) is 81.2 Å². The number of nitrogens with zero attached hydrogens (tertiary/aromatic N) is 2. The Hall–Kier alpha value is 0.460. The summed E-state index contributed by atoms with van der Waals surface area (Å²) in [5, 5.41) is 4.29. The summed E-state index contributed by atoms with van der Waals surface area (Å²) in [7, 11) is 0. The molecule has 108 valence electrons. The van der Waals surface area contributed by atoms with Crippen LogP contribution in [0.25, 0.3) is 5.69 Å². The molecule has 2 rings (SSSR count). The maximum atomic E-state index is 6.13. The summed E-state index contributed by atoms with van der Waals surface area (Å²) in [5.74, 6) is 0. The highest BCUT2D eigenvalue weighted by Gasteiger charge is 2.51. The van der Waals surface area contributed by atoms with Gasteiger partial charge in [0.05, 0.1) is 5.69 Å². The van der Waals surface area contributed by atoms with Crippen LogP contribution in [0.3, 0.4) is 0 Å². The molecule has 1 aromatic heterocycles. The van der Waals surface area contributed by atoms with E-state index in [1.165, 1.54) is 4.68 Å². The van der Waals surface area contributed by atoms with E-state index >= 15 is 0 Å². The first-order chi connectivity index (χ1) is 9.16. The maximum Gasteiger partial charge on any atom is 0.228 e. The van der Waals surface area contributed by atoms with E-state index in [0.29, 0.717) is 5.69 Å². The minimum Gasteiger partial charge on any atom is -0.220 e. The van der Waals surface area contributed by atoms with Gasteiger partial charge < -0.3 is 0 Å². The van der Waals surface area contributed by atoms with Gasteiger partial charge in [-0.3, -0.25) is 0 Å². The van der Waals surface area contributed by atoms with E-state index in [-0.39, 0.29) is 15.9 Å². The molecule has 0 fully saturated rings. The van der Waals surface area contributed by atoms with Crippen LogP contribution in [0, 0.1) is 0 Å². The van der Waals surface area contributed by atoms with E-state index in [2.05, 4.69) is 5.10 Å². The van der Waals surface area contributed by atoms with Crippen LogP contribution in [0.15, 0.2) is 30.3 Å². The van der Waals surface area contributed by atoms with Crippen molar-refractivity contribution in [3.63, 3.8) is 0 Å². The van der Waals surface area contributed by atoms with Gasteiger partial charge >= 0.3 is 0 Å². The summed E-state index contributed by atoms with van der Waals surface area (Å²) in [6, 6.07) is 9.02. The highest BCUT2D eigenvalue weighted by molar-refractivity contribution is 6.75. The molecule has 0 saturated heterocycles. The van der Waals surface area contributed by atoms with Crippen molar-refractivity contribution in [1.29, 1.82) is 0 Å². The topological polar surface area (TPSA) is 17.8 Å². The fourth-order valence-electron chi connectivity index (χ4n) is 1.45. The van der Waals surface area contributed by atoms with Crippen LogP contribution in [0.4, 0.5) is 0 Å². The average molecular weight is 413 g/mol. The third-order valence-electron chi connectivity index (χ3n) is 2.43. The molecule has 0 aliphatic heterocycles. The van der Waals surface area contributed by atoms with E-state index in [0.717, 1.165) is 0 Å². The zero-order valence-corrected chi connectivity index (χ0v) is 14.7. The van der Waals surface area contributed by atoms with Crippen LogP contribution in [-0.2, 0) is 4.33 Å². The molecule has 9 heteroatoms. The number of para-hydroxylation sites is 1. The highest BCUT2D eigenvalue weighted by Crippen LogP contribution is 2.54. The lowest BCUT2D eigenvalue weighted by Crippen LogP contribution is -2.29. The summed E-state index contributed by atoms with van der Waals surface area (Å²) in [6.45, 7) is 0. The van der Waals surface area contributed by atoms with Gasteiger partial charge in [0.25, 0.3) is 0 Å². The third-order valence-corrected chi connectivity index (χ3v) is 5.59. The lowest BCUT2D eigenvalue weighted by atomic mass is 10.3. The number of halogens is 7. The quantitative estimate of drug-likeness (QED) is 0.538. The second-order valence-corrected chi connectivity index (χ2v) is 8.12. The maximum absolute atomic E-state index is 6.13. The molecule has 0 N–H and O–H groups in total. The highest BCUT2D eigenvalue weighted by atomic mass is 35.6. The number of hydrogen-bond donors (Lipinski definition) is 0. The van der Waals surface area contributed by atoms with E-state index < -0.39 is 8.13 Å². The molecule has 0 aliphatic carbocycles. The van der Waals surface area contributed by atoms with Crippen molar-refractivity contribution in [3.05, 3.63) is 46.2 Å². The first kappa shape index (κ1) is 16.8. The first-order valence-electron chi connectivity index (χ1n) is 5.10. The molecule has 0 spiro atoms. The Morgan fingerprint density at radius 2 is 1.45 bits per heavy atom.